The average Bonchev–Trinajstić information content (AvgIpc) is 2.65. The third kappa shape index (κ3) is 15.9. The molecule has 0 fully saturated rings. The van der Waals surface area contributed by atoms with Gasteiger partial charge in [0.2, 0.25) is 0 Å². The maximum atomic E-state index is 12.2. The summed E-state index contributed by atoms with van der Waals surface area (Å²) >= 11 is 11.9. The topological polar surface area (TPSA) is 119 Å². The molecule has 174 valence electrons. The minimum absolute atomic E-state index is 0.0681. The fourth-order valence-corrected chi connectivity index (χ4v) is 2.62. The van der Waals surface area contributed by atoms with Gasteiger partial charge in [-0.15, -0.1) is 0 Å². The Balaban J connectivity index is 0.000000954. The highest BCUT2D eigenvalue weighted by atomic mass is 35.5. The summed E-state index contributed by atoms with van der Waals surface area (Å²) in [4.78, 5) is 35.0. The number of carboxylic acids is 2. The minimum atomic E-state index is -1.26. The quantitative estimate of drug-likeness (QED) is 0.418. The number of carbonyl (C=O) groups is 3. The van der Waals surface area contributed by atoms with Crippen LogP contribution >= 0.6 is 23.2 Å². The lowest BCUT2D eigenvalue weighted by atomic mass is 10.3. The predicted molar refractivity (Wildman–Crippen MR) is 120 cm³/mol. The number of carboxylic acid groups (broad SMARTS) is 2. The molecule has 0 bridgehead atoms. The van der Waals surface area contributed by atoms with Crippen molar-refractivity contribution in [2.75, 3.05) is 46.9 Å². The molecular formula is C20H29Cl2N3O6. The lowest BCUT2D eigenvalue weighted by Gasteiger charge is -2.23. The van der Waals surface area contributed by atoms with Gasteiger partial charge in [-0.05, 0) is 38.7 Å². The first-order valence-corrected chi connectivity index (χ1v) is 10.2. The summed E-state index contributed by atoms with van der Waals surface area (Å²) in [5.74, 6) is -1.91. The molecule has 0 heterocycles. The molecule has 9 nitrogen and oxygen atoms in total. The molecule has 3 N–H and O–H groups in total. The summed E-state index contributed by atoms with van der Waals surface area (Å²) in [7, 11) is 3.94. The van der Waals surface area contributed by atoms with Gasteiger partial charge in [-0.25, -0.2) is 14.4 Å². The second kappa shape index (κ2) is 16.2. The van der Waals surface area contributed by atoms with E-state index in [0.29, 0.717) is 54.2 Å². The first kappa shape index (κ1) is 28.5. The second-order valence-corrected chi connectivity index (χ2v) is 7.36. The molecule has 1 aromatic rings. The van der Waals surface area contributed by atoms with E-state index in [2.05, 4.69) is 5.32 Å². The van der Waals surface area contributed by atoms with Gasteiger partial charge in [0.05, 0.1) is 6.54 Å². The highest BCUT2D eigenvalue weighted by Gasteiger charge is 2.12. The third-order valence-electron chi connectivity index (χ3n) is 3.45. The van der Waals surface area contributed by atoms with Crippen molar-refractivity contribution in [2.45, 2.75) is 13.3 Å². The van der Waals surface area contributed by atoms with E-state index in [0.717, 1.165) is 13.0 Å². The number of benzene rings is 1. The first-order chi connectivity index (χ1) is 14.5. The Kier molecular flexibility index (Phi) is 14.9. The van der Waals surface area contributed by atoms with Gasteiger partial charge < -0.3 is 30.1 Å². The van der Waals surface area contributed by atoms with Crippen molar-refractivity contribution in [1.82, 2.24) is 15.1 Å². The van der Waals surface area contributed by atoms with Crippen LogP contribution in [-0.2, 0) is 9.59 Å². The van der Waals surface area contributed by atoms with Crippen LogP contribution in [0.5, 0.6) is 5.75 Å². The summed E-state index contributed by atoms with van der Waals surface area (Å²) in [6.07, 6.45) is 2.01. The molecule has 0 aliphatic heterocycles. The molecule has 0 atom stereocenters. The number of rotatable bonds is 11. The third-order valence-corrected chi connectivity index (χ3v) is 3.89. The van der Waals surface area contributed by atoms with Gasteiger partial charge in [0, 0.05) is 41.8 Å². The van der Waals surface area contributed by atoms with Crippen molar-refractivity contribution in [3.05, 3.63) is 40.4 Å². The van der Waals surface area contributed by atoms with Gasteiger partial charge in [0.1, 0.15) is 12.4 Å². The molecule has 0 aromatic heterocycles. The van der Waals surface area contributed by atoms with E-state index in [4.69, 9.17) is 38.2 Å². The lowest BCUT2D eigenvalue weighted by molar-refractivity contribution is -0.134. The zero-order valence-electron chi connectivity index (χ0n) is 17.8. The zero-order valence-corrected chi connectivity index (χ0v) is 19.3. The van der Waals surface area contributed by atoms with Crippen LogP contribution in [0.15, 0.2) is 30.4 Å². The van der Waals surface area contributed by atoms with Gasteiger partial charge in [0.25, 0.3) is 0 Å². The van der Waals surface area contributed by atoms with Crippen molar-refractivity contribution in [3.8, 4) is 5.75 Å². The maximum absolute atomic E-state index is 12.2. The van der Waals surface area contributed by atoms with Crippen LogP contribution in [-0.4, -0.2) is 84.9 Å². The molecule has 0 aliphatic rings. The van der Waals surface area contributed by atoms with Crippen LogP contribution < -0.4 is 10.1 Å². The number of nitrogens with zero attached hydrogens (tertiary/aromatic N) is 2. The van der Waals surface area contributed by atoms with Crippen molar-refractivity contribution in [3.63, 3.8) is 0 Å². The van der Waals surface area contributed by atoms with Crippen molar-refractivity contribution < 1.29 is 29.3 Å². The number of carbonyl (C=O) groups excluding carboxylic acids is 1. The molecule has 0 saturated heterocycles. The fourth-order valence-electron chi connectivity index (χ4n) is 2.11. The first-order valence-electron chi connectivity index (χ1n) is 9.45. The Morgan fingerprint density at radius 1 is 1.00 bits per heavy atom. The van der Waals surface area contributed by atoms with Crippen LogP contribution in [0, 0.1) is 0 Å². The van der Waals surface area contributed by atoms with Crippen LogP contribution in [0.4, 0.5) is 4.79 Å². The van der Waals surface area contributed by atoms with Crippen LogP contribution in [0.1, 0.15) is 13.3 Å². The Bertz CT molecular complexity index is 707. The van der Waals surface area contributed by atoms with E-state index in [1.54, 1.807) is 23.1 Å². The van der Waals surface area contributed by atoms with E-state index in [-0.39, 0.29) is 6.03 Å². The number of nitrogens with one attached hydrogen (secondary N) is 1. The van der Waals surface area contributed by atoms with Gasteiger partial charge in [-0.2, -0.15) is 0 Å². The highest BCUT2D eigenvalue weighted by molar-refractivity contribution is 6.34. The highest BCUT2D eigenvalue weighted by Crippen LogP contribution is 2.24. The molecule has 0 aliphatic carbocycles. The molecule has 0 saturated carbocycles. The second-order valence-electron chi connectivity index (χ2n) is 6.49. The predicted octanol–water partition coefficient (Wildman–Crippen LogP) is 3.07. The Morgan fingerprint density at radius 3 is 2.00 bits per heavy atom. The van der Waals surface area contributed by atoms with Gasteiger partial charge >= 0.3 is 18.0 Å². The van der Waals surface area contributed by atoms with Crippen LogP contribution in [0.3, 0.4) is 0 Å². The molecule has 1 rings (SSSR count). The summed E-state index contributed by atoms with van der Waals surface area (Å²) in [5, 5.41) is 19.6. The molecule has 1 aromatic carbocycles. The van der Waals surface area contributed by atoms with E-state index in [1.165, 1.54) is 0 Å². The van der Waals surface area contributed by atoms with E-state index in [1.807, 2.05) is 25.9 Å². The maximum Gasteiger partial charge on any atom is 0.328 e. The molecule has 2 amide bonds. The Labute approximate surface area is 192 Å². The van der Waals surface area contributed by atoms with Gasteiger partial charge in [0.15, 0.2) is 0 Å². The summed E-state index contributed by atoms with van der Waals surface area (Å²) in [6.45, 7) is 5.05. The van der Waals surface area contributed by atoms with E-state index >= 15 is 0 Å². The lowest BCUT2D eigenvalue weighted by Crippen LogP contribution is -2.44. The molecule has 0 radical (unpaired) electrons. The largest absolute Gasteiger partial charge is 0.492 e. The number of amides is 2. The van der Waals surface area contributed by atoms with Gasteiger partial charge in [-0.1, -0.05) is 30.1 Å². The number of urea groups is 1. The van der Waals surface area contributed by atoms with Crippen molar-refractivity contribution in [2.24, 2.45) is 0 Å². The SMILES string of the molecule is CCCN(CCOc1cc(Cl)cc(Cl)c1)C(=O)NCCN(C)C.O=C(O)/C=C\C(=O)O. The number of aliphatic carboxylic acids is 2. The molecule has 11 heteroatoms. The van der Waals surface area contributed by atoms with Crippen LogP contribution in [0.25, 0.3) is 0 Å². The number of ether oxygens (including phenoxy) is 1. The van der Waals surface area contributed by atoms with E-state index < -0.39 is 11.9 Å². The number of hydrogen-bond acceptors (Lipinski definition) is 5. The number of hydrogen-bond donors (Lipinski definition) is 3. The summed E-state index contributed by atoms with van der Waals surface area (Å²) in [6, 6.07) is 4.99. The Hall–Kier alpha value is -2.49. The van der Waals surface area contributed by atoms with Crippen LogP contribution in [0.2, 0.25) is 10.0 Å². The van der Waals surface area contributed by atoms with Gasteiger partial charge in [-0.3, -0.25) is 0 Å². The number of likely N-dealkylation sites (N-methyl/N-ethyl adjacent to an activating group) is 1. The molecular weight excluding hydrogens is 449 g/mol. The normalized spacial score (nSPS) is 10.4. The number of halogens is 2. The minimum Gasteiger partial charge on any atom is -0.492 e. The standard InChI is InChI=1S/C16H25Cl2N3O2.C4H4O4/c1-4-6-21(16(22)19-5-7-20(2)3)8-9-23-15-11-13(17)10-14(18)12-15;5-3(6)1-2-4(7)8/h10-12H,4-9H2,1-3H3,(H,19,22);1-2H,(H,5,6)(H,7,8)/b;2-1-. The molecule has 0 unspecified atom stereocenters. The average molecular weight is 478 g/mol. The monoisotopic (exact) mass is 477 g/mol. The van der Waals surface area contributed by atoms with E-state index in [9.17, 15) is 14.4 Å². The smallest absolute Gasteiger partial charge is 0.328 e. The van der Waals surface area contributed by atoms with Crippen molar-refractivity contribution >= 4 is 41.2 Å². The molecule has 31 heavy (non-hydrogen) atoms. The summed E-state index contributed by atoms with van der Waals surface area (Å²) in [5.41, 5.74) is 0. The zero-order chi connectivity index (χ0) is 23.8. The fraction of sp³-hybridized carbons (Fsp3) is 0.450. The van der Waals surface area contributed by atoms with Crippen molar-refractivity contribution in [1.29, 1.82) is 0 Å². The molecule has 0 spiro atoms. The Morgan fingerprint density at radius 2 is 1.55 bits per heavy atom. The summed E-state index contributed by atoms with van der Waals surface area (Å²) < 4.78 is 5.64.